The van der Waals surface area contributed by atoms with Crippen molar-refractivity contribution in [3.05, 3.63) is 65.2 Å². The van der Waals surface area contributed by atoms with Crippen molar-refractivity contribution in [2.45, 2.75) is 24.2 Å². The zero-order valence-electron chi connectivity index (χ0n) is 10.4. The van der Waals surface area contributed by atoms with Crippen LogP contribution in [-0.2, 0) is 5.31 Å². The Bertz CT molecular complexity index is 636. The lowest BCUT2D eigenvalue weighted by atomic mass is 9.59. The van der Waals surface area contributed by atoms with E-state index >= 15 is 0 Å². The fraction of sp³-hybridized carbons (Fsp3) is 0.250. The number of hydrogen-bond donors (Lipinski definition) is 1. The van der Waals surface area contributed by atoms with Crippen LogP contribution in [-0.4, -0.2) is 13.9 Å². The third-order valence-corrected chi connectivity index (χ3v) is 4.57. The second kappa shape index (κ2) is 3.20. The number of nitrogens with one attached hydrogen (secondary N) is 1. The Kier molecular flexibility index (Phi) is 1.82. The Balaban J connectivity index is 2.03. The fourth-order valence-corrected chi connectivity index (χ4v) is 3.70. The van der Waals surface area contributed by atoms with Crippen LogP contribution in [0.3, 0.4) is 0 Å². The Morgan fingerprint density at radius 2 is 1.67 bits per heavy atom. The van der Waals surface area contributed by atoms with E-state index < -0.39 is 0 Å². The summed E-state index contributed by atoms with van der Waals surface area (Å²) in [5.74, 6) is 0.443. The van der Waals surface area contributed by atoms with Gasteiger partial charge in [0.25, 0.3) is 0 Å². The van der Waals surface area contributed by atoms with Gasteiger partial charge in [0, 0.05) is 23.0 Å². The Labute approximate surface area is 109 Å². The summed E-state index contributed by atoms with van der Waals surface area (Å²) in [5.41, 5.74) is 5.07. The first kappa shape index (κ1) is 10.2. The number of anilines is 1. The Morgan fingerprint density at radius 1 is 1.00 bits per heavy atom. The van der Waals surface area contributed by atoms with Gasteiger partial charge >= 0.3 is 0 Å². The van der Waals surface area contributed by atoms with Gasteiger partial charge in [0.2, 0.25) is 0 Å². The molecule has 2 aromatic rings. The maximum absolute atomic E-state index is 6.82. The first-order valence-corrected chi connectivity index (χ1v) is 6.47. The van der Waals surface area contributed by atoms with E-state index in [1.165, 1.54) is 22.4 Å². The summed E-state index contributed by atoms with van der Waals surface area (Å²) in [6.45, 7) is 2.26. The SMILES string of the molecule is [B]C12c3ccccc3NC1C(C)c1ccccc12. The van der Waals surface area contributed by atoms with Gasteiger partial charge in [0.05, 0.1) is 7.85 Å². The van der Waals surface area contributed by atoms with Crippen molar-refractivity contribution in [2.24, 2.45) is 0 Å². The van der Waals surface area contributed by atoms with Gasteiger partial charge in [0.1, 0.15) is 0 Å². The van der Waals surface area contributed by atoms with Crippen molar-refractivity contribution in [1.29, 1.82) is 0 Å². The van der Waals surface area contributed by atoms with Crippen LogP contribution in [0.1, 0.15) is 29.5 Å². The molecule has 1 aliphatic carbocycles. The molecule has 1 nitrogen and oxygen atoms in total. The van der Waals surface area contributed by atoms with Gasteiger partial charge in [-0.05, 0) is 22.8 Å². The third kappa shape index (κ3) is 1.00. The van der Waals surface area contributed by atoms with E-state index in [-0.39, 0.29) is 11.4 Å². The quantitative estimate of drug-likeness (QED) is 0.687. The highest BCUT2D eigenvalue weighted by molar-refractivity contribution is 6.21. The average Bonchev–Trinajstić information content (AvgIpc) is 2.83. The molecule has 2 aliphatic rings. The van der Waals surface area contributed by atoms with Crippen LogP contribution in [0.15, 0.2) is 48.5 Å². The number of para-hydroxylation sites is 1. The van der Waals surface area contributed by atoms with Crippen LogP contribution in [0.5, 0.6) is 0 Å². The monoisotopic (exact) mass is 231 g/mol. The van der Waals surface area contributed by atoms with Gasteiger partial charge in [-0.2, -0.15) is 0 Å². The molecule has 2 aromatic carbocycles. The van der Waals surface area contributed by atoms with E-state index in [4.69, 9.17) is 7.85 Å². The van der Waals surface area contributed by atoms with Crippen LogP contribution in [0, 0.1) is 0 Å². The van der Waals surface area contributed by atoms with Crippen molar-refractivity contribution in [3.63, 3.8) is 0 Å². The van der Waals surface area contributed by atoms with E-state index in [1.807, 2.05) is 0 Å². The van der Waals surface area contributed by atoms with Crippen LogP contribution >= 0.6 is 0 Å². The summed E-state index contributed by atoms with van der Waals surface area (Å²) in [6, 6.07) is 17.2. The highest BCUT2D eigenvalue weighted by atomic mass is 15.0. The van der Waals surface area contributed by atoms with Crippen molar-refractivity contribution in [1.82, 2.24) is 0 Å². The molecule has 0 amide bonds. The molecule has 4 rings (SSSR count). The van der Waals surface area contributed by atoms with E-state index in [9.17, 15) is 0 Å². The highest BCUT2D eigenvalue weighted by Gasteiger charge is 2.52. The van der Waals surface area contributed by atoms with Gasteiger partial charge < -0.3 is 5.32 Å². The lowest BCUT2D eigenvalue weighted by molar-refractivity contribution is 0.586. The number of rotatable bonds is 0. The predicted molar refractivity (Wildman–Crippen MR) is 75.2 cm³/mol. The molecule has 86 valence electrons. The lowest BCUT2D eigenvalue weighted by Crippen LogP contribution is -2.37. The third-order valence-electron chi connectivity index (χ3n) is 4.57. The second-order valence-corrected chi connectivity index (χ2v) is 5.41. The average molecular weight is 231 g/mol. The molecule has 1 heterocycles. The smallest absolute Gasteiger partial charge is 0.0905 e. The number of fused-ring (bicyclic) bond motifs is 5. The van der Waals surface area contributed by atoms with Crippen molar-refractivity contribution >= 4 is 13.5 Å². The van der Waals surface area contributed by atoms with Gasteiger partial charge in [-0.25, -0.2) is 0 Å². The standard InChI is InChI=1S/C16H14BN/c1-10-11-6-2-3-7-12(11)16(17)13-8-4-5-9-14(13)18-15(10)16/h2-10,15,18H,1H3. The van der Waals surface area contributed by atoms with Gasteiger partial charge in [-0.15, -0.1) is 0 Å². The molecule has 2 radical (unpaired) electrons. The molecule has 2 heteroatoms. The molecule has 18 heavy (non-hydrogen) atoms. The zero-order valence-corrected chi connectivity index (χ0v) is 10.4. The number of hydrogen-bond acceptors (Lipinski definition) is 1. The van der Waals surface area contributed by atoms with Crippen LogP contribution in [0.25, 0.3) is 0 Å². The fourth-order valence-electron chi connectivity index (χ4n) is 3.70. The number of benzene rings is 2. The Hall–Kier alpha value is -1.70. The molecule has 0 fully saturated rings. The normalized spacial score (nSPS) is 31.4. The second-order valence-electron chi connectivity index (χ2n) is 5.41. The van der Waals surface area contributed by atoms with E-state index in [0.717, 1.165) is 0 Å². The molecule has 3 atom stereocenters. The van der Waals surface area contributed by atoms with Crippen LogP contribution in [0.2, 0.25) is 0 Å². The zero-order chi connectivity index (χ0) is 12.3. The van der Waals surface area contributed by atoms with Crippen LogP contribution < -0.4 is 5.32 Å². The van der Waals surface area contributed by atoms with Crippen molar-refractivity contribution < 1.29 is 0 Å². The van der Waals surface area contributed by atoms with Crippen molar-refractivity contribution in [3.8, 4) is 0 Å². The summed E-state index contributed by atoms with van der Waals surface area (Å²) < 4.78 is 0. The first-order valence-electron chi connectivity index (χ1n) is 6.47. The first-order chi connectivity index (χ1) is 8.73. The van der Waals surface area contributed by atoms with Gasteiger partial charge in [-0.3, -0.25) is 0 Å². The molecule has 3 unspecified atom stereocenters. The van der Waals surface area contributed by atoms with E-state index in [2.05, 4.69) is 60.8 Å². The minimum absolute atomic E-state index is 0.271. The molecule has 0 aromatic heterocycles. The molecule has 1 N–H and O–H groups in total. The van der Waals surface area contributed by atoms with E-state index in [1.54, 1.807) is 0 Å². The largest absolute Gasteiger partial charge is 0.381 e. The molecule has 0 spiro atoms. The summed E-state index contributed by atoms with van der Waals surface area (Å²) in [5, 5.41) is 3.24. The molecule has 1 aliphatic heterocycles. The molecule has 0 bridgehead atoms. The Morgan fingerprint density at radius 3 is 2.50 bits per heavy atom. The topological polar surface area (TPSA) is 12.0 Å². The molecular formula is C16H14BN. The van der Waals surface area contributed by atoms with E-state index in [0.29, 0.717) is 5.92 Å². The highest BCUT2D eigenvalue weighted by Crippen LogP contribution is 2.54. The lowest BCUT2D eigenvalue weighted by Gasteiger charge is -2.28. The van der Waals surface area contributed by atoms with Crippen molar-refractivity contribution in [2.75, 3.05) is 5.32 Å². The van der Waals surface area contributed by atoms with Gasteiger partial charge in [0.15, 0.2) is 0 Å². The maximum Gasteiger partial charge on any atom is 0.0905 e. The van der Waals surface area contributed by atoms with Gasteiger partial charge in [-0.1, -0.05) is 49.4 Å². The minimum atomic E-state index is -0.368. The summed E-state index contributed by atoms with van der Waals surface area (Å²) >= 11 is 0. The summed E-state index contributed by atoms with van der Waals surface area (Å²) in [6.07, 6.45) is 0. The summed E-state index contributed by atoms with van der Waals surface area (Å²) in [4.78, 5) is 0. The predicted octanol–water partition coefficient (Wildman–Crippen LogP) is 3.01. The molecule has 0 saturated carbocycles. The summed E-state index contributed by atoms with van der Waals surface area (Å²) in [7, 11) is 6.82. The van der Waals surface area contributed by atoms with Crippen LogP contribution in [0.4, 0.5) is 5.69 Å². The minimum Gasteiger partial charge on any atom is -0.381 e. The molecule has 0 saturated heterocycles. The maximum atomic E-state index is 6.82. The molecular weight excluding hydrogens is 217 g/mol.